The highest BCUT2D eigenvalue weighted by Gasteiger charge is 2.34. The molecule has 1 aromatic rings. The summed E-state index contributed by atoms with van der Waals surface area (Å²) in [5.74, 6) is -0.0758. The summed E-state index contributed by atoms with van der Waals surface area (Å²) >= 11 is 0. The lowest BCUT2D eigenvalue weighted by Crippen LogP contribution is -2.57. The number of aryl methyl sites for hydroxylation is 1. The van der Waals surface area contributed by atoms with E-state index in [1.165, 1.54) is 4.31 Å². The highest BCUT2D eigenvalue weighted by molar-refractivity contribution is 7.86. The normalized spacial score (nSPS) is 21.0. The van der Waals surface area contributed by atoms with E-state index in [-0.39, 0.29) is 5.91 Å². The number of carbonyl (C=O) groups excluding carboxylic acids is 1. The van der Waals surface area contributed by atoms with Crippen LogP contribution in [0, 0.1) is 6.92 Å². The maximum absolute atomic E-state index is 12.8. The van der Waals surface area contributed by atoms with E-state index < -0.39 is 10.2 Å². The van der Waals surface area contributed by atoms with Crippen LogP contribution in [0.15, 0.2) is 30.3 Å². The lowest BCUT2D eigenvalue weighted by molar-refractivity contribution is -0.127. The van der Waals surface area contributed by atoms with Gasteiger partial charge < -0.3 is 9.80 Å². The Morgan fingerprint density at radius 1 is 0.963 bits per heavy atom. The first-order chi connectivity index (χ1) is 12.9. The van der Waals surface area contributed by atoms with E-state index in [0.717, 1.165) is 24.2 Å². The molecule has 0 atom stereocenters. The molecule has 2 aliphatic rings. The van der Waals surface area contributed by atoms with Crippen molar-refractivity contribution in [1.82, 2.24) is 18.4 Å². The molecule has 27 heavy (non-hydrogen) atoms. The number of benzene rings is 1. The molecule has 0 spiro atoms. The summed E-state index contributed by atoms with van der Waals surface area (Å²) in [7, 11) is -1.44. The van der Waals surface area contributed by atoms with Crippen molar-refractivity contribution in [2.24, 2.45) is 0 Å². The quantitative estimate of drug-likeness (QED) is 0.706. The number of nitrogens with zero attached hydrogens (tertiary/aromatic N) is 4. The zero-order valence-electron chi connectivity index (χ0n) is 16.0. The van der Waals surface area contributed by atoms with Crippen LogP contribution in [0.5, 0.6) is 0 Å². The average molecular weight is 393 g/mol. The van der Waals surface area contributed by atoms with Gasteiger partial charge in [0.05, 0.1) is 0 Å². The molecule has 2 fully saturated rings. The molecule has 0 saturated carbocycles. The number of hydrogen-bond acceptors (Lipinski definition) is 4. The molecule has 0 unspecified atom stereocenters. The standard InChI is InChI=1S/C19H28N4O3S/c1-17-4-3-5-18(16-17)6-7-19(24)21-10-14-23(15-11-21)27(25,26)22-12-8-20(2)9-13-22/h3-7,16H,8-15H2,1-2H3/b7-6+. The van der Waals surface area contributed by atoms with Gasteiger partial charge in [-0.1, -0.05) is 29.8 Å². The Labute approximate surface area is 162 Å². The molecule has 1 aromatic carbocycles. The minimum Gasteiger partial charge on any atom is -0.337 e. The molecule has 1 amide bonds. The summed E-state index contributed by atoms with van der Waals surface area (Å²) < 4.78 is 28.6. The lowest BCUT2D eigenvalue weighted by Gasteiger charge is -2.38. The molecular weight excluding hydrogens is 364 g/mol. The summed E-state index contributed by atoms with van der Waals surface area (Å²) in [6.07, 6.45) is 3.38. The Morgan fingerprint density at radius 3 is 2.15 bits per heavy atom. The largest absolute Gasteiger partial charge is 0.337 e. The summed E-state index contributed by atoms with van der Waals surface area (Å²) in [4.78, 5) is 16.2. The van der Waals surface area contributed by atoms with Gasteiger partial charge in [0, 0.05) is 58.4 Å². The van der Waals surface area contributed by atoms with Crippen molar-refractivity contribution < 1.29 is 13.2 Å². The fraction of sp³-hybridized carbons (Fsp3) is 0.526. The number of piperazine rings is 2. The van der Waals surface area contributed by atoms with Crippen molar-refractivity contribution in [1.29, 1.82) is 0 Å². The number of amides is 1. The van der Waals surface area contributed by atoms with Gasteiger partial charge in [-0.15, -0.1) is 0 Å². The van der Waals surface area contributed by atoms with Gasteiger partial charge in [0.1, 0.15) is 0 Å². The van der Waals surface area contributed by atoms with Gasteiger partial charge in [0.2, 0.25) is 5.91 Å². The topological polar surface area (TPSA) is 64.2 Å². The van der Waals surface area contributed by atoms with Gasteiger partial charge in [-0.05, 0) is 25.6 Å². The average Bonchev–Trinajstić information content (AvgIpc) is 2.66. The molecule has 0 bridgehead atoms. The van der Waals surface area contributed by atoms with Crippen molar-refractivity contribution in [2.75, 3.05) is 59.4 Å². The van der Waals surface area contributed by atoms with Gasteiger partial charge in [-0.3, -0.25) is 4.79 Å². The minimum absolute atomic E-state index is 0.0758. The third-order valence-electron chi connectivity index (χ3n) is 5.13. The zero-order chi connectivity index (χ0) is 19.4. The predicted molar refractivity (Wildman–Crippen MR) is 106 cm³/mol. The van der Waals surface area contributed by atoms with Crippen molar-refractivity contribution in [2.45, 2.75) is 6.92 Å². The van der Waals surface area contributed by atoms with Crippen LogP contribution in [0.2, 0.25) is 0 Å². The van der Waals surface area contributed by atoms with Gasteiger partial charge in [-0.2, -0.15) is 17.0 Å². The molecule has 0 N–H and O–H groups in total. The molecule has 2 saturated heterocycles. The van der Waals surface area contributed by atoms with Crippen LogP contribution < -0.4 is 0 Å². The van der Waals surface area contributed by atoms with E-state index in [9.17, 15) is 13.2 Å². The fourth-order valence-corrected chi connectivity index (χ4v) is 4.94. The number of rotatable bonds is 4. The number of carbonyl (C=O) groups is 1. The molecular formula is C19H28N4O3S. The van der Waals surface area contributed by atoms with E-state index in [1.807, 2.05) is 44.3 Å². The second-order valence-electron chi connectivity index (χ2n) is 7.18. The van der Waals surface area contributed by atoms with E-state index in [2.05, 4.69) is 4.90 Å². The third-order valence-corrected chi connectivity index (χ3v) is 7.16. The van der Waals surface area contributed by atoms with Crippen LogP contribution in [0.3, 0.4) is 0 Å². The Bertz CT molecular complexity index is 793. The smallest absolute Gasteiger partial charge is 0.282 e. The van der Waals surface area contributed by atoms with Crippen molar-refractivity contribution in [3.8, 4) is 0 Å². The van der Waals surface area contributed by atoms with Gasteiger partial charge >= 0.3 is 0 Å². The molecule has 0 radical (unpaired) electrons. The second-order valence-corrected chi connectivity index (χ2v) is 9.11. The second kappa shape index (κ2) is 8.52. The summed E-state index contributed by atoms with van der Waals surface area (Å²) in [5, 5.41) is 0. The van der Waals surface area contributed by atoms with E-state index in [0.29, 0.717) is 39.3 Å². The zero-order valence-corrected chi connectivity index (χ0v) is 16.9. The maximum Gasteiger partial charge on any atom is 0.282 e. The van der Waals surface area contributed by atoms with Crippen LogP contribution in [0.25, 0.3) is 6.08 Å². The molecule has 2 heterocycles. The SMILES string of the molecule is Cc1cccc(/C=C/C(=O)N2CCN(S(=O)(=O)N3CCN(C)CC3)CC2)c1. The van der Waals surface area contributed by atoms with Crippen molar-refractivity contribution in [3.05, 3.63) is 41.5 Å². The number of hydrogen-bond donors (Lipinski definition) is 0. The van der Waals surface area contributed by atoms with Crippen LogP contribution >= 0.6 is 0 Å². The highest BCUT2D eigenvalue weighted by atomic mass is 32.2. The number of likely N-dealkylation sites (N-methyl/N-ethyl adjacent to an activating group) is 1. The summed E-state index contributed by atoms with van der Waals surface area (Å²) in [6, 6.07) is 7.95. The molecule has 0 aromatic heterocycles. The third kappa shape index (κ3) is 4.95. The first kappa shape index (κ1) is 20.0. The molecule has 2 aliphatic heterocycles. The van der Waals surface area contributed by atoms with Crippen LogP contribution in [0.1, 0.15) is 11.1 Å². The molecule has 0 aliphatic carbocycles. The monoisotopic (exact) mass is 392 g/mol. The van der Waals surface area contributed by atoms with Crippen LogP contribution in [0.4, 0.5) is 0 Å². The summed E-state index contributed by atoms with van der Waals surface area (Å²) in [5.41, 5.74) is 2.13. The molecule has 8 heteroatoms. The lowest BCUT2D eigenvalue weighted by atomic mass is 10.1. The fourth-order valence-electron chi connectivity index (χ4n) is 3.37. The summed E-state index contributed by atoms with van der Waals surface area (Å²) in [6.45, 7) is 6.10. The molecule has 7 nitrogen and oxygen atoms in total. The Morgan fingerprint density at radius 2 is 1.56 bits per heavy atom. The van der Waals surface area contributed by atoms with Gasteiger partial charge in [0.15, 0.2) is 0 Å². The van der Waals surface area contributed by atoms with E-state index in [4.69, 9.17) is 0 Å². The molecule has 148 valence electrons. The van der Waals surface area contributed by atoms with Crippen molar-refractivity contribution >= 4 is 22.2 Å². The first-order valence-corrected chi connectivity index (χ1v) is 10.7. The van der Waals surface area contributed by atoms with Crippen molar-refractivity contribution in [3.63, 3.8) is 0 Å². The first-order valence-electron chi connectivity index (χ1n) is 9.34. The molecule has 3 rings (SSSR count). The van der Waals surface area contributed by atoms with Gasteiger partial charge in [0.25, 0.3) is 10.2 Å². The highest BCUT2D eigenvalue weighted by Crippen LogP contribution is 2.15. The Balaban J connectivity index is 1.54. The minimum atomic E-state index is -3.43. The van der Waals surface area contributed by atoms with Crippen LogP contribution in [-0.2, 0) is 15.0 Å². The van der Waals surface area contributed by atoms with Crippen LogP contribution in [-0.4, -0.2) is 92.1 Å². The van der Waals surface area contributed by atoms with E-state index in [1.54, 1.807) is 15.3 Å². The van der Waals surface area contributed by atoms with E-state index >= 15 is 0 Å². The Kier molecular flexibility index (Phi) is 6.31. The predicted octanol–water partition coefficient (Wildman–Crippen LogP) is 0.645. The maximum atomic E-state index is 12.8. The van der Waals surface area contributed by atoms with Gasteiger partial charge in [-0.25, -0.2) is 0 Å². The Hall–Kier alpha value is -1.74.